The molecule has 9 unspecified atom stereocenters. The van der Waals surface area contributed by atoms with Crippen molar-refractivity contribution < 1.29 is 122 Å². The number of carbonyl (C=O) groups is 19. The van der Waals surface area contributed by atoms with Gasteiger partial charge in [-0.1, -0.05) is 65.7 Å². The Labute approximate surface area is 722 Å². The van der Waals surface area contributed by atoms with Gasteiger partial charge in [0.25, 0.3) is 0 Å². The molecule has 0 saturated heterocycles. The van der Waals surface area contributed by atoms with E-state index in [4.69, 9.17) is 51.0 Å². The molecule has 0 fully saturated rings. The number of nitrogens with zero attached hydrogens (tertiary/aromatic N) is 4. The van der Waals surface area contributed by atoms with Crippen molar-refractivity contribution >= 4 is 135 Å². The number of ketones is 8. The molecule has 7 amide bonds. The van der Waals surface area contributed by atoms with Gasteiger partial charge in [0.2, 0.25) is 41.4 Å². The standard InChI is InChI=1S/C45H78N10O13.C35H59N9O12/c1-3-5-7-14-31(57)25-29(13-9-10-22-50-38(61)17-8-6-4-2)42(66)55-33(16-12-24-52-45(48)49)36(59)19-20-39(62)53-32(15-11-23-51-44(46)47)35(58)18-21-40(63)54-34(27-41(64)65)37(60)26-30(28-56)43(67)68;1-2-3-4-7-22(46)10-13-29(50)42-23(8-5-16-40-34(36)37)26(47)11-14-30(51)43-24(9-6-17-41-35(38)39)27(48)12-15-31(52)44-25(19-32(53)54)28(49)18-21(20-45)33(55)56/h29-30,32-34,56H,3-28H2,1-2H3,(H,50,61)(H,53,62)(H,54,63)(H,55,66)(H,64,65)(H,67,68)(H4,46,47,51)(H4,48,49,52);21,23-25,45H,2-20H2,1H3,(H,42,50)(H,43,51)(H,44,52)(H,53,54)(H,55,56)(H4,36,37,40)(H4,38,39,41). The van der Waals surface area contributed by atoms with Crippen LogP contribution in [0.4, 0.5) is 0 Å². The quantitative estimate of drug-likeness (QED) is 0.0191. The smallest absolute Gasteiger partial charge is 0.309 e. The van der Waals surface area contributed by atoms with Gasteiger partial charge in [-0.05, 0) is 83.5 Å². The Morgan fingerprint density at radius 2 is 0.573 bits per heavy atom. The maximum atomic E-state index is 13.8. The fraction of sp³-hybridized carbons (Fsp3) is 0.713. The van der Waals surface area contributed by atoms with E-state index >= 15 is 0 Å². The van der Waals surface area contributed by atoms with Crippen molar-refractivity contribution in [2.75, 3.05) is 45.9 Å². The van der Waals surface area contributed by atoms with Crippen LogP contribution in [-0.2, 0) is 91.1 Å². The Bertz CT molecular complexity index is 3560. The number of carboxylic acid groups (broad SMARTS) is 4. The van der Waals surface area contributed by atoms with Crippen LogP contribution >= 0.6 is 0 Å². The summed E-state index contributed by atoms with van der Waals surface area (Å²) in [6.07, 6.45) is 4.64. The van der Waals surface area contributed by atoms with Gasteiger partial charge in [0.05, 0.1) is 74.1 Å². The van der Waals surface area contributed by atoms with Gasteiger partial charge in [-0.2, -0.15) is 0 Å². The number of rotatable bonds is 75. The monoisotopic (exact) mass is 1760 g/mol. The van der Waals surface area contributed by atoms with Crippen LogP contribution in [0.2, 0.25) is 0 Å². The van der Waals surface area contributed by atoms with Crippen molar-refractivity contribution in [1.82, 2.24) is 37.2 Å². The lowest BCUT2D eigenvalue weighted by atomic mass is 9.92. The molecule has 0 heterocycles. The number of unbranched alkanes of at least 4 members (excludes halogenated alkanes) is 7. The normalized spacial score (nSPS) is 12.9. The Balaban J connectivity index is 0. The molecule has 124 heavy (non-hydrogen) atoms. The molecule has 0 spiro atoms. The summed E-state index contributed by atoms with van der Waals surface area (Å²) in [5.74, 6) is -19.1. The molecule has 0 rings (SSSR count). The van der Waals surface area contributed by atoms with Gasteiger partial charge < -0.3 is 114 Å². The van der Waals surface area contributed by atoms with E-state index in [9.17, 15) is 117 Å². The Morgan fingerprint density at radius 1 is 0.274 bits per heavy atom. The third-order valence-corrected chi connectivity index (χ3v) is 19.2. The number of guanidine groups is 4. The van der Waals surface area contributed by atoms with E-state index < -0.39 is 219 Å². The number of aliphatic hydroxyl groups excluding tert-OH is 2. The van der Waals surface area contributed by atoms with Crippen molar-refractivity contribution in [3.8, 4) is 0 Å². The molecular weight excluding hydrogens is 1630 g/mol. The van der Waals surface area contributed by atoms with E-state index in [1.807, 2.05) is 13.8 Å². The number of hydrogen-bond donors (Lipinski definition) is 21. The van der Waals surface area contributed by atoms with E-state index in [0.717, 1.165) is 51.4 Å². The van der Waals surface area contributed by atoms with E-state index in [-0.39, 0.29) is 151 Å². The van der Waals surface area contributed by atoms with Crippen LogP contribution in [0.3, 0.4) is 0 Å². The maximum absolute atomic E-state index is 13.8. The van der Waals surface area contributed by atoms with Crippen LogP contribution < -0.4 is 83.1 Å². The topological polar surface area (TPSA) is 788 Å². The van der Waals surface area contributed by atoms with Gasteiger partial charge in [0.1, 0.15) is 11.6 Å². The van der Waals surface area contributed by atoms with Gasteiger partial charge in [-0.15, -0.1) is 0 Å². The van der Waals surface area contributed by atoms with Crippen LogP contribution in [0, 0.1) is 17.8 Å². The predicted molar refractivity (Wildman–Crippen MR) is 455 cm³/mol. The Morgan fingerprint density at radius 3 is 0.871 bits per heavy atom. The maximum Gasteiger partial charge on any atom is 0.309 e. The summed E-state index contributed by atoms with van der Waals surface area (Å²) in [5.41, 5.74) is 43.2. The highest BCUT2D eigenvalue weighted by atomic mass is 16.4. The highest BCUT2D eigenvalue weighted by Gasteiger charge is 2.34. The lowest BCUT2D eigenvalue weighted by Gasteiger charge is -2.22. The molecule has 0 bridgehead atoms. The summed E-state index contributed by atoms with van der Waals surface area (Å²) in [4.78, 5) is 255. The minimum Gasteiger partial charge on any atom is -0.481 e. The molecule has 0 aromatic heterocycles. The van der Waals surface area contributed by atoms with E-state index in [0.29, 0.717) is 57.9 Å². The van der Waals surface area contributed by atoms with Crippen LogP contribution in [0.5, 0.6) is 0 Å². The minimum atomic E-state index is -1.65. The average molecular weight is 1770 g/mol. The van der Waals surface area contributed by atoms with Crippen molar-refractivity contribution in [3.05, 3.63) is 0 Å². The highest BCUT2D eigenvalue weighted by Crippen LogP contribution is 2.20. The van der Waals surface area contributed by atoms with Crippen molar-refractivity contribution in [2.45, 2.75) is 301 Å². The zero-order chi connectivity index (χ0) is 94.1. The molecule has 44 heteroatoms. The minimum absolute atomic E-state index is 0.00212. The number of aliphatic imine (C=N–C) groups is 4. The number of Topliss-reactive ketones (excluding diaryl/α,β-unsaturated/α-hetero) is 8. The second kappa shape index (κ2) is 69.0. The molecule has 0 aromatic rings. The van der Waals surface area contributed by atoms with Gasteiger partial charge in [0.15, 0.2) is 58.5 Å². The number of nitrogens with one attached hydrogen (secondary N) is 7. The molecule has 0 aromatic carbocycles. The average Bonchev–Trinajstić information content (AvgIpc) is 0.901. The van der Waals surface area contributed by atoms with Crippen molar-refractivity contribution in [2.24, 2.45) is 83.6 Å². The summed E-state index contributed by atoms with van der Waals surface area (Å²) in [5, 5.41) is 73.0. The second-order valence-corrected chi connectivity index (χ2v) is 30.0. The summed E-state index contributed by atoms with van der Waals surface area (Å²) in [6, 6.07) is -7.74. The first kappa shape index (κ1) is 115. The number of carboxylic acids is 4. The largest absolute Gasteiger partial charge is 0.481 e. The first-order valence-corrected chi connectivity index (χ1v) is 42.2. The lowest BCUT2D eigenvalue weighted by Crippen LogP contribution is -2.45. The van der Waals surface area contributed by atoms with Crippen LogP contribution in [0.25, 0.3) is 0 Å². The summed E-state index contributed by atoms with van der Waals surface area (Å²) in [7, 11) is 0. The van der Waals surface area contributed by atoms with Crippen LogP contribution in [0.1, 0.15) is 265 Å². The fourth-order valence-electron chi connectivity index (χ4n) is 12.2. The van der Waals surface area contributed by atoms with E-state index in [2.05, 4.69) is 64.1 Å². The van der Waals surface area contributed by atoms with Gasteiger partial charge in [-0.25, -0.2) is 0 Å². The molecule has 0 aliphatic heterocycles. The lowest BCUT2D eigenvalue weighted by molar-refractivity contribution is -0.146. The number of amides is 7. The number of nitrogens with two attached hydrogens (primary N) is 8. The Kier molecular flexibility index (Phi) is 63.8. The summed E-state index contributed by atoms with van der Waals surface area (Å²) < 4.78 is 0. The van der Waals surface area contributed by atoms with Gasteiger partial charge in [0, 0.05) is 141 Å². The number of aliphatic carboxylic acids is 4. The molecule has 0 radical (unpaired) electrons. The molecule has 44 nitrogen and oxygen atoms in total. The molecule has 9 atom stereocenters. The highest BCUT2D eigenvalue weighted by molar-refractivity contribution is 5.99. The summed E-state index contributed by atoms with van der Waals surface area (Å²) in [6.45, 7) is 5.17. The van der Waals surface area contributed by atoms with Crippen LogP contribution in [0.15, 0.2) is 20.0 Å². The van der Waals surface area contributed by atoms with Gasteiger partial charge >= 0.3 is 23.9 Å². The second-order valence-electron chi connectivity index (χ2n) is 30.0. The van der Waals surface area contributed by atoms with Crippen molar-refractivity contribution in [1.29, 1.82) is 0 Å². The number of carbonyl (C=O) groups excluding carboxylic acids is 15. The van der Waals surface area contributed by atoms with Gasteiger partial charge in [-0.3, -0.25) is 111 Å². The SMILES string of the molecule is CCCCCC(=O)CC(CCCCNC(=O)CCCCC)C(=O)NC(CCCN=C(N)N)C(=O)CCC(=O)NC(CCCN=C(N)N)C(=O)CCC(=O)NC(CC(=O)O)C(=O)CC(CO)C(=O)O.CCCCCC(=O)CCC(=O)NC(CCCN=C(N)N)C(=O)CCC(=O)NC(CCCN=C(N)N)C(=O)CCC(=O)NC(CC(=O)O)C(=O)CC(CO)C(=O)O. The molecule has 0 aliphatic rings. The number of hydrogen-bond acceptors (Lipinski definition) is 25. The first-order chi connectivity index (χ1) is 58.6. The molecule has 0 saturated carbocycles. The molecule has 0 aliphatic carbocycles. The predicted octanol–water partition coefficient (Wildman–Crippen LogP) is -1.30. The zero-order valence-electron chi connectivity index (χ0n) is 71.9. The summed E-state index contributed by atoms with van der Waals surface area (Å²) >= 11 is 0. The van der Waals surface area contributed by atoms with Crippen molar-refractivity contribution in [3.63, 3.8) is 0 Å². The zero-order valence-corrected chi connectivity index (χ0v) is 71.9. The molecular formula is C80H137N19O25. The molecule has 29 N–H and O–H groups in total. The van der Waals surface area contributed by atoms with E-state index in [1.165, 1.54) is 0 Å². The first-order valence-electron chi connectivity index (χ1n) is 42.2. The molecule has 702 valence electrons. The Hall–Kier alpha value is -11.5. The van der Waals surface area contributed by atoms with Crippen LogP contribution in [-0.4, -0.2) is 248 Å². The number of aliphatic hydroxyl groups is 2. The fourth-order valence-corrected chi connectivity index (χ4v) is 12.2. The van der Waals surface area contributed by atoms with E-state index in [1.54, 1.807) is 0 Å². The third kappa shape index (κ3) is 60.1. The third-order valence-electron chi connectivity index (χ3n) is 19.2.